The average molecular weight is 267 g/mol. The third kappa shape index (κ3) is 1.90. The summed E-state index contributed by atoms with van der Waals surface area (Å²) in [4.78, 5) is 6.70. The van der Waals surface area contributed by atoms with Gasteiger partial charge in [0.1, 0.15) is 5.15 Å². The molecular formula is C13H12Cl2N2. The van der Waals surface area contributed by atoms with E-state index in [2.05, 4.69) is 16.9 Å². The molecule has 2 nitrogen and oxygen atoms in total. The molecule has 1 aliphatic heterocycles. The van der Waals surface area contributed by atoms with E-state index in [9.17, 15) is 0 Å². The summed E-state index contributed by atoms with van der Waals surface area (Å²) >= 11 is 12.3. The number of rotatable bonds is 0. The van der Waals surface area contributed by atoms with Crippen LogP contribution in [0.2, 0.25) is 10.2 Å². The highest BCUT2D eigenvalue weighted by Gasteiger charge is 2.19. The van der Waals surface area contributed by atoms with Crippen LogP contribution in [0, 0.1) is 0 Å². The Kier molecular flexibility index (Phi) is 2.74. The lowest BCUT2D eigenvalue weighted by molar-refractivity contribution is 0.313. The van der Waals surface area contributed by atoms with Gasteiger partial charge in [0, 0.05) is 29.1 Å². The second kappa shape index (κ2) is 4.13. The van der Waals surface area contributed by atoms with Gasteiger partial charge in [-0.25, -0.2) is 4.98 Å². The summed E-state index contributed by atoms with van der Waals surface area (Å²) < 4.78 is 0. The standard InChI is InChI=1S/C13H12Cl2N2/c1-17-5-4-9-10-6-8(14)2-3-12(10)16-13(15)11(9)7-17/h2-3,6H,4-5,7H2,1H3. The van der Waals surface area contributed by atoms with Crippen molar-refractivity contribution < 1.29 is 0 Å². The van der Waals surface area contributed by atoms with E-state index in [-0.39, 0.29) is 0 Å². The molecule has 2 aromatic rings. The van der Waals surface area contributed by atoms with Crippen LogP contribution in [0.1, 0.15) is 11.1 Å². The molecule has 0 amide bonds. The molecule has 1 aromatic heterocycles. The Morgan fingerprint density at radius 3 is 2.88 bits per heavy atom. The molecule has 0 fully saturated rings. The van der Waals surface area contributed by atoms with E-state index in [1.54, 1.807) is 0 Å². The van der Waals surface area contributed by atoms with E-state index in [0.29, 0.717) is 5.15 Å². The number of likely N-dealkylation sites (N-methyl/N-ethyl adjacent to an activating group) is 1. The second-order valence-corrected chi connectivity index (χ2v) is 5.30. The fraction of sp³-hybridized carbons (Fsp3) is 0.308. The van der Waals surface area contributed by atoms with Gasteiger partial charge in [-0.2, -0.15) is 0 Å². The molecule has 17 heavy (non-hydrogen) atoms. The SMILES string of the molecule is CN1CCc2c(c(Cl)nc3ccc(Cl)cc23)C1. The van der Waals surface area contributed by atoms with Gasteiger partial charge in [-0.15, -0.1) is 0 Å². The molecular weight excluding hydrogens is 255 g/mol. The van der Waals surface area contributed by atoms with Crippen molar-refractivity contribution in [3.8, 4) is 0 Å². The first-order chi connectivity index (χ1) is 8.15. The highest BCUT2D eigenvalue weighted by molar-refractivity contribution is 6.32. The number of fused-ring (bicyclic) bond motifs is 3. The Bertz CT molecular complexity index is 595. The molecule has 2 heterocycles. The van der Waals surface area contributed by atoms with E-state index >= 15 is 0 Å². The molecule has 0 atom stereocenters. The zero-order valence-corrected chi connectivity index (χ0v) is 11.0. The quantitative estimate of drug-likeness (QED) is 0.679. The number of benzene rings is 1. The van der Waals surface area contributed by atoms with Crippen molar-refractivity contribution in [3.63, 3.8) is 0 Å². The smallest absolute Gasteiger partial charge is 0.134 e. The van der Waals surface area contributed by atoms with Crippen LogP contribution >= 0.6 is 23.2 Å². The number of aromatic nitrogens is 1. The van der Waals surface area contributed by atoms with Crippen molar-refractivity contribution in [2.24, 2.45) is 0 Å². The van der Waals surface area contributed by atoms with Crippen molar-refractivity contribution in [2.45, 2.75) is 13.0 Å². The number of hydrogen-bond acceptors (Lipinski definition) is 2. The number of nitrogens with zero attached hydrogens (tertiary/aromatic N) is 2. The first-order valence-corrected chi connectivity index (χ1v) is 6.36. The average Bonchev–Trinajstić information content (AvgIpc) is 2.30. The molecule has 1 aromatic carbocycles. The molecule has 0 saturated carbocycles. The van der Waals surface area contributed by atoms with Gasteiger partial charge >= 0.3 is 0 Å². The van der Waals surface area contributed by atoms with Gasteiger partial charge in [0.2, 0.25) is 0 Å². The first-order valence-electron chi connectivity index (χ1n) is 5.60. The lowest BCUT2D eigenvalue weighted by Crippen LogP contribution is -2.27. The summed E-state index contributed by atoms with van der Waals surface area (Å²) in [5.74, 6) is 0. The van der Waals surface area contributed by atoms with Crippen LogP contribution in [-0.4, -0.2) is 23.5 Å². The fourth-order valence-corrected chi connectivity index (χ4v) is 2.84. The van der Waals surface area contributed by atoms with Gasteiger partial charge in [0.25, 0.3) is 0 Å². The minimum atomic E-state index is 0.626. The third-order valence-electron chi connectivity index (χ3n) is 3.29. The Balaban J connectivity index is 2.32. The summed E-state index contributed by atoms with van der Waals surface area (Å²) in [5, 5.41) is 2.52. The molecule has 1 aliphatic rings. The molecule has 0 bridgehead atoms. The summed E-state index contributed by atoms with van der Waals surface area (Å²) in [5.41, 5.74) is 3.39. The number of pyridine rings is 1. The maximum absolute atomic E-state index is 6.26. The van der Waals surface area contributed by atoms with Crippen molar-refractivity contribution in [1.29, 1.82) is 0 Å². The third-order valence-corrected chi connectivity index (χ3v) is 3.83. The molecule has 3 rings (SSSR count). The van der Waals surface area contributed by atoms with Crippen LogP contribution in [0.5, 0.6) is 0 Å². The maximum Gasteiger partial charge on any atom is 0.134 e. The van der Waals surface area contributed by atoms with Gasteiger partial charge in [-0.3, -0.25) is 0 Å². The predicted octanol–water partition coefficient (Wildman–Crippen LogP) is 3.53. The Morgan fingerprint density at radius 2 is 2.06 bits per heavy atom. The summed E-state index contributed by atoms with van der Waals surface area (Å²) in [6, 6.07) is 5.78. The van der Waals surface area contributed by atoms with Crippen LogP contribution in [0.3, 0.4) is 0 Å². The van der Waals surface area contributed by atoms with E-state index in [1.807, 2.05) is 18.2 Å². The molecule has 4 heteroatoms. The van der Waals surface area contributed by atoms with E-state index < -0.39 is 0 Å². The Labute approximate surface area is 110 Å². The second-order valence-electron chi connectivity index (χ2n) is 4.51. The molecule has 0 unspecified atom stereocenters. The van der Waals surface area contributed by atoms with Crippen molar-refractivity contribution in [2.75, 3.05) is 13.6 Å². The fourth-order valence-electron chi connectivity index (χ4n) is 2.41. The van der Waals surface area contributed by atoms with Crippen LogP contribution in [0.25, 0.3) is 10.9 Å². The van der Waals surface area contributed by atoms with Crippen LogP contribution in [0.4, 0.5) is 0 Å². The highest BCUT2D eigenvalue weighted by Crippen LogP contribution is 2.31. The summed E-state index contributed by atoms with van der Waals surface area (Å²) in [6.45, 7) is 1.92. The zero-order valence-electron chi connectivity index (χ0n) is 9.50. The van der Waals surface area contributed by atoms with Gasteiger partial charge in [0.15, 0.2) is 0 Å². The topological polar surface area (TPSA) is 16.1 Å². The summed E-state index contributed by atoms with van der Waals surface area (Å²) in [6.07, 6.45) is 1.00. The molecule has 0 radical (unpaired) electrons. The Morgan fingerprint density at radius 1 is 1.24 bits per heavy atom. The first kappa shape index (κ1) is 11.3. The maximum atomic E-state index is 6.26. The molecule has 0 saturated heterocycles. The predicted molar refractivity (Wildman–Crippen MR) is 71.8 cm³/mol. The van der Waals surface area contributed by atoms with Gasteiger partial charge in [-0.1, -0.05) is 23.2 Å². The molecule has 0 spiro atoms. The minimum absolute atomic E-state index is 0.626. The monoisotopic (exact) mass is 266 g/mol. The zero-order chi connectivity index (χ0) is 12.0. The summed E-state index contributed by atoms with van der Waals surface area (Å²) in [7, 11) is 2.10. The van der Waals surface area contributed by atoms with Gasteiger partial charge < -0.3 is 4.90 Å². The van der Waals surface area contributed by atoms with Gasteiger partial charge in [0.05, 0.1) is 5.52 Å². The van der Waals surface area contributed by atoms with E-state index in [4.69, 9.17) is 23.2 Å². The lowest BCUT2D eigenvalue weighted by Gasteiger charge is -2.26. The van der Waals surface area contributed by atoms with E-state index in [1.165, 1.54) is 5.56 Å². The molecule has 0 aliphatic carbocycles. The normalized spacial score (nSPS) is 16.2. The Hall–Kier alpha value is -0.830. The molecule has 0 N–H and O–H groups in total. The molecule has 88 valence electrons. The van der Waals surface area contributed by atoms with Crippen molar-refractivity contribution in [3.05, 3.63) is 39.5 Å². The van der Waals surface area contributed by atoms with Crippen LogP contribution in [-0.2, 0) is 13.0 Å². The lowest BCUT2D eigenvalue weighted by atomic mass is 9.97. The van der Waals surface area contributed by atoms with Crippen LogP contribution < -0.4 is 0 Å². The van der Waals surface area contributed by atoms with E-state index in [0.717, 1.165) is 41.0 Å². The van der Waals surface area contributed by atoms with Gasteiger partial charge in [-0.05, 0) is 37.2 Å². The van der Waals surface area contributed by atoms with Crippen molar-refractivity contribution >= 4 is 34.1 Å². The minimum Gasteiger partial charge on any atom is -0.302 e. The number of halogens is 2. The highest BCUT2D eigenvalue weighted by atomic mass is 35.5. The van der Waals surface area contributed by atoms with Crippen molar-refractivity contribution in [1.82, 2.24) is 9.88 Å². The van der Waals surface area contributed by atoms with Crippen LogP contribution in [0.15, 0.2) is 18.2 Å². The largest absolute Gasteiger partial charge is 0.302 e. The number of hydrogen-bond donors (Lipinski definition) is 0.